The first kappa shape index (κ1) is 4.51. The van der Waals surface area contributed by atoms with Crippen molar-refractivity contribution >= 4 is 12.6 Å². The fourth-order valence-corrected chi connectivity index (χ4v) is 0.835. The van der Waals surface area contributed by atoms with E-state index in [1.807, 2.05) is 0 Å². The molecule has 0 aliphatic heterocycles. The number of rotatable bonds is 0. The van der Waals surface area contributed by atoms with Crippen molar-refractivity contribution in [1.82, 2.24) is 0 Å². The van der Waals surface area contributed by atoms with Gasteiger partial charge in [-0.15, -0.1) is 0 Å². The Morgan fingerprint density at radius 2 is 2.00 bits per heavy atom. The zero-order valence-electron chi connectivity index (χ0n) is 4.23. The molecule has 1 aliphatic carbocycles. The first-order valence-electron chi connectivity index (χ1n) is 2.35. The molecular formula is C5H10S. The van der Waals surface area contributed by atoms with Crippen LogP contribution in [0.4, 0.5) is 0 Å². The van der Waals surface area contributed by atoms with Crippen LogP contribution in [0.2, 0.25) is 0 Å². The maximum absolute atomic E-state index is 4.33. The molecule has 1 heteroatoms. The van der Waals surface area contributed by atoms with E-state index in [4.69, 9.17) is 0 Å². The normalized spacial score (nSPS) is 55.5. The van der Waals surface area contributed by atoms with Gasteiger partial charge < -0.3 is 0 Å². The van der Waals surface area contributed by atoms with Crippen molar-refractivity contribution in [2.45, 2.75) is 25.0 Å². The largest absolute Gasteiger partial charge is 0.173 e. The van der Waals surface area contributed by atoms with E-state index in [0.717, 1.165) is 5.92 Å². The second-order valence-corrected chi connectivity index (χ2v) is 3.48. The van der Waals surface area contributed by atoms with Crippen molar-refractivity contribution in [1.29, 1.82) is 0 Å². The maximum atomic E-state index is 4.33. The van der Waals surface area contributed by atoms with Gasteiger partial charge in [0.05, 0.1) is 0 Å². The van der Waals surface area contributed by atoms with Gasteiger partial charge in [0, 0.05) is 4.75 Å². The quantitative estimate of drug-likeness (QED) is 0.442. The molecule has 0 bridgehead atoms. The predicted octanol–water partition coefficient (Wildman–Crippen LogP) is 1.71. The van der Waals surface area contributed by atoms with Crippen molar-refractivity contribution in [3.63, 3.8) is 0 Å². The Hall–Kier alpha value is 0.350. The van der Waals surface area contributed by atoms with Gasteiger partial charge >= 0.3 is 0 Å². The Labute approximate surface area is 44.3 Å². The molecule has 0 amide bonds. The average molecular weight is 102 g/mol. The Morgan fingerprint density at radius 1 is 1.83 bits per heavy atom. The second kappa shape index (κ2) is 0.945. The van der Waals surface area contributed by atoms with Crippen molar-refractivity contribution in [2.24, 2.45) is 5.92 Å². The number of thiol groups is 1. The monoisotopic (exact) mass is 102 g/mol. The summed E-state index contributed by atoms with van der Waals surface area (Å²) in [6, 6.07) is 0. The molecule has 1 aliphatic rings. The predicted molar refractivity (Wildman–Crippen MR) is 31.2 cm³/mol. The molecule has 0 aromatic heterocycles. The Kier molecular flexibility index (Phi) is 0.710. The molecule has 2 atom stereocenters. The molecule has 6 heavy (non-hydrogen) atoms. The van der Waals surface area contributed by atoms with E-state index >= 15 is 0 Å². The van der Waals surface area contributed by atoms with Crippen LogP contribution < -0.4 is 0 Å². The Balaban J connectivity index is 2.41. The van der Waals surface area contributed by atoms with E-state index in [2.05, 4.69) is 26.5 Å². The highest BCUT2D eigenvalue weighted by molar-refractivity contribution is 7.82. The lowest BCUT2D eigenvalue weighted by atomic mass is 10.4. The highest BCUT2D eigenvalue weighted by Gasteiger charge is 2.42. The van der Waals surface area contributed by atoms with E-state index in [1.165, 1.54) is 6.42 Å². The van der Waals surface area contributed by atoms with Gasteiger partial charge in [-0.3, -0.25) is 0 Å². The van der Waals surface area contributed by atoms with Gasteiger partial charge in [-0.25, -0.2) is 0 Å². The van der Waals surface area contributed by atoms with E-state index in [9.17, 15) is 0 Å². The summed E-state index contributed by atoms with van der Waals surface area (Å²) in [7, 11) is 0. The van der Waals surface area contributed by atoms with Gasteiger partial charge in [-0.2, -0.15) is 12.6 Å². The van der Waals surface area contributed by atoms with Gasteiger partial charge in [-0.1, -0.05) is 13.8 Å². The fourth-order valence-electron chi connectivity index (χ4n) is 0.561. The van der Waals surface area contributed by atoms with Crippen LogP contribution >= 0.6 is 12.6 Å². The van der Waals surface area contributed by atoms with Crippen LogP contribution in [0.5, 0.6) is 0 Å². The van der Waals surface area contributed by atoms with Gasteiger partial charge in [-0.05, 0) is 12.3 Å². The minimum atomic E-state index is 0.403. The standard InChI is InChI=1S/C5H10S/c1-4-3-5(4,2)6/h4,6H,3H2,1-2H3. The first-order valence-corrected chi connectivity index (χ1v) is 2.80. The van der Waals surface area contributed by atoms with Gasteiger partial charge in [0.2, 0.25) is 0 Å². The topological polar surface area (TPSA) is 0 Å². The highest BCUT2D eigenvalue weighted by atomic mass is 32.1. The molecule has 0 heterocycles. The molecule has 0 aromatic carbocycles. The Morgan fingerprint density at radius 3 is 2.00 bits per heavy atom. The van der Waals surface area contributed by atoms with Crippen molar-refractivity contribution < 1.29 is 0 Å². The lowest BCUT2D eigenvalue weighted by Crippen LogP contribution is -1.88. The molecule has 1 rings (SSSR count). The third kappa shape index (κ3) is 0.558. The number of hydrogen-bond acceptors (Lipinski definition) is 1. The molecule has 2 unspecified atom stereocenters. The van der Waals surface area contributed by atoms with E-state index < -0.39 is 0 Å². The van der Waals surface area contributed by atoms with Crippen LogP contribution in [-0.4, -0.2) is 4.75 Å². The molecular weight excluding hydrogens is 92.1 g/mol. The zero-order valence-corrected chi connectivity index (χ0v) is 5.13. The van der Waals surface area contributed by atoms with Crippen LogP contribution in [0.15, 0.2) is 0 Å². The molecule has 1 saturated carbocycles. The summed E-state index contributed by atoms with van der Waals surface area (Å²) in [5, 5.41) is 0. The fraction of sp³-hybridized carbons (Fsp3) is 1.00. The van der Waals surface area contributed by atoms with Gasteiger partial charge in [0.15, 0.2) is 0 Å². The first-order chi connectivity index (χ1) is 2.63. The van der Waals surface area contributed by atoms with Crippen LogP contribution in [-0.2, 0) is 0 Å². The summed E-state index contributed by atoms with van der Waals surface area (Å²) in [4.78, 5) is 0. The van der Waals surface area contributed by atoms with E-state index in [0.29, 0.717) is 4.75 Å². The summed E-state index contributed by atoms with van der Waals surface area (Å²) in [5.74, 6) is 0.862. The van der Waals surface area contributed by atoms with Crippen molar-refractivity contribution in [2.75, 3.05) is 0 Å². The van der Waals surface area contributed by atoms with Crippen LogP contribution in [0.3, 0.4) is 0 Å². The summed E-state index contributed by atoms with van der Waals surface area (Å²) in [6.07, 6.45) is 1.30. The summed E-state index contributed by atoms with van der Waals surface area (Å²) in [5.41, 5.74) is 0. The molecule has 0 N–H and O–H groups in total. The highest BCUT2D eigenvalue weighted by Crippen LogP contribution is 2.47. The van der Waals surface area contributed by atoms with E-state index in [-0.39, 0.29) is 0 Å². The van der Waals surface area contributed by atoms with Crippen molar-refractivity contribution in [3.05, 3.63) is 0 Å². The van der Waals surface area contributed by atoms with Crippen LogP contribution in [0.25, 0.3) is 0 Å². The lowest BCUT2D eigenvalue weighted by molar-refractivity contribution is 0.884. The average Bonchev–Trinajstić information content (AvgIpc) is 1.73. The van der Waals surface area contributed by atoms with Crippen LogP contribution in [0.1, 0.15) is 20.3 Å². The molecule has 36 valence electrons. The zero-order chi connectivity index (χ0) is 4.78. The van der Waals surface area contributed by atoms with Crippen molar-refractivity contribution in [3.8, 4) is 0 Å². The molecule has 0 nitrogen and oxygen atoms in total. The van der Waals surface area contributed by atoms with E-state index in [1.54, 1.807) is 0 Å². The lowest BCUT2D eigenvalue weighted by Gasteiger charge is -1.91. The SMILES string of the molecule is CC1CC1(C)S. The molecule has 0 radical (unpaired) electrons. The third-order valence-electron chi connectivity index (χ3n) is 1.62. The van der Waals surface area contributed by atoms with Gasteiger partial charge in [0.25, 0.3) is 0 Å². The third-order valence-corrected chi connectivity index (χ3v) is 2.24. The Bertz CT molecular complexity index is 66.3. The molecule has 0 saturated heterocycles. The van der Waals surface area contributed by atoms with Gasteiger partial charge in [0.1, 0.15) is 0 Å². The smallest absolute Gasteiger partial charge is 0.0130 e. The second-order valence-electron chi connectivity index (χ2n) is 2.46. The number of hydrogen-bond donors (Lipinski definition) is 1. The summed E-state index contributed by atoms with van der Waals surface area (Å²) < 4.78 is 0.403. The molecule has 0 aromatic rings. The van der Waals surface area contributed by atoms with Crippen LogP contribution in [0, 0.1) is 5.92 Å². The summed E-state index contributed by atoms with van der Waals surface area (Å²) in [6.45, 7) is 4.41. The summed E-state index contributed by atoms with van der Waals surface area (Å²) >= 11 is 4.33. The molecule has 0 spiro atoms. The minimum Gasteiger partial charge on any atom is -0.173 e. The molecule has 1 fully saturated rings. The maximum Gasteiger partial charge on any atom is 0.0130 e. The minimum absolute atomic E-state index is 0.403.